The molecule has 0 aliphatic rings. The van der Waals surface area contributed by atoms with Crippen molar-refractivity contribution in [1.82, 2.24) is 4.98 Å². The van der Waals surface area contributed by atoms with Crippen LogP contribution in [0.25, 0.3) is 0 Å². The lowest BCUT2D eigenvalue weighted by Crippen LogP contribution is -1.96. The van der Waals surface area contributed by atoms with Crippen LogP contribution in [0.5, 0.6) is 0 Å². The number of benzene rings is 1. The Labute approximate surface area is 106 Å². The lowest BCUT2D eigenvalue weighted by Gasteiger charge is -1.95. The molecule has 18 heavy (non-hydrogen) atoms. The zero-order chi connectivity index (χ0) is 12.7. The highest BCUT2D eigenvalue weighted by molar-refractivity contribution is 7.85. The van der Waals surface area contributed by atoms with E-state index in [9.17, 15) is 8.42 Å². The first kappa shape index (κ1) is 16.2. The van der Waals surface area contributed by atoms with E-state index in [4.69, 9.17) is 4.55 Å². The molecule has 1 heterocycles. The molecule has 0 fully saturated rings. The maximum atomic E-state index is 10.5. The van der Waals surface area contributed by atoms with Crippen LogP contribution >= 0.6 is 0 Å². The van der Waals surface area contributed by atoms with Gasteiger partial charge in [0.05, 0.1) is 4.90 Å². The van der Waals surface area contributed by atoms with Crippen LogP contribution in [0.15, 0.2) is 59.8 Å². The van der Waals surface area contributed by atoms with Gasteiger partial charge in [-0.25, -0.2) is 0 Å². The summed E-state index contributed by atoms with van der Waals surface area (Å²) in [5, 5.41) is 0. The van der Waals surface area contributed by atoms with Crippen molar-refractivity contribution < 1.29 is 18.4 Å². The maximum Gasteiger partial charge on any atom is 0.294 e. The fourth-order valence-corrected chi connectivity index (χ4v) is 1.50. The van der Waals surface area contributed by atoms with E-state index in [2.05, 4.69) is 4.98 Å². The molecule has 0 aliphatic heterocycles. The van der Waals surface area contributed by atoms with Gasteiger partial charge < -0.3 is 5.48 Å². The molecule has 5 nitrogen and oxygen atoms in total. The number of hydrogen-bond donors (Lipinski definition) is 1. The quantitative estimate of drug-likeness (QED) is 0.793. The first-order valence-electron chi connectivity index (χ1n) is 4.89. The summed E-state index contributed by atoms with van der Waals surface area (Å²) in [6.07, 6.45) is 3.50. The normalized spacial score (nSPS) is 9.67. The molecule has 0 unspecified atom stereocenters. The largest absolute Gasteiger partial charge is 0.412 e. The van der Waals surface area contributed by atoms with E-state index < -0.39 is 10.1 Å². The van der Waals surface area contributed by atoms with E-state index in [1.807, 2.05) is 25.1 Å². The van der Waals surface area contributed by atoms with Gasteiger partial charge in [-0.15, -0.1) is 0 Å². The average molecular weight is 269 g/mol. The van der Waals surface area contributed by atoms with Gasteiger partial charge in [-0.1, -0.05) is 23.8 Å². The van der Waals surface area contributed by atoms with Crippen molar-refractivity contribution in [2.45, 2.75) is 11.8 Å². The van der Waals surface area contributed by atoms with E-state index in [-0.39, 0.29) is 10.4 Å². The SMILES string of the molecule is Cc1ccc(S(=O)(=O)O)cc1.O.c1ccncc1. The van der Waals surface area contributed by atoms with Crippen molar-refractivity contribution >= 4 is 10.1 Å². The minimum atomic E-state index is -4.02. The van der Waals surface area contributed by atoms with Crippen LogP contribution in [0.1, 0.15) is 5.56 Å². The van der Waals surface area contributed by atoms with Gasteiger partial charge in [-0.2, -0.15) is 8.42 Å². The van der Waals surface area contributed by atoms with Gasteiger partial charge >= 0.3 is 0 Å². The van der Waals surface area contributed by atoms with Crippen molar-refractivity contribution in [2.24, 2.45) is 0 Å². The molecule has 2 rings (SSSR count). The first-order chi connectivity index (χ1) is 8.00. The lowest BCUT2D eigenvalue weighted by atomic mass is 10.2. The van der Waals surface area contributed by atoms with Gasteiger partial charge in [0, 0.05) is 12.4 Å². The van der Waals surface area contributed by atoms with E-state index in [0.29, 0.717) is 0 Å². The highest BCUT2D eigenvalue weighted by atomic mass is 32.2. The Kier molecular flexibility index (Phi) is 6.81. The standard InChI is InChI=1S/C7H8O3S.C5H5N.H2O/c1-6-2-4-7(5-3-6)11(8,9)10;1-2-4-6-5-3-1;/h2-5H,1H3,(H,8,9,10);1-5H;1H2. The minimum Gasteiger partial charge on any atom is -0.412 e. The van der Waals surface area contributed by atoms with Crippen molar-refractivity contribution in [2.75, 3.05) is 0 Å². The molecule has 6 heteroatoms. The molecule has 0 saturated heterocycles. The number of nitrogens with zero attached hydrogens (tertiary/aromatic N) is 1. The number of aromatic nitrogens is 1. The molecule has 0 atom stereocenters. The Morgan fingerprint density at radius 2 is 1.50 bits per heavy atom. The number of rotatable bonds is 1. The Morgan fingerprint density at radius 3 is 1.78 bits per heavy atom. The zero-order valence-electron chi connectivity index (χ0n) is 9.82. The van der Waals surface area contributed by atoms with E-state index >= 15 is 0 Å². The summed E-state index contributed by atoms with van der Waals surface area (Å²) >= 11 is 0. The maximum absolute atomic E-state index is 10.5. The first-order valence-corrected chi connectivity index (χ1v) is 6.33. The molecule has 3 N–H and O–H groups in total. The lowest BCUT2D eigenvalue weighted by molar-refractivity contribution is 0.483. The van der Waals surface area contributed by atoms with Gasteiger partial charge in [0.2, 0.25) is 0 Å². The molecule has 1 aromatic heterocycles. The summed E-state index contributed by atoms with van der Waals surface area (Å²) in [7, 11) is -4.02. The van der Waals surface area contributed by atoms with Crippen LogP contribution in [0.4, 0.5) is 0 Å². The third kappa shape index (κ3) is 6.09. The monoisotopic (exact) mass is 269 g/mol. The fraction of sp³-hybridized carbons (Fsp3) is 0.0833. The Bertz CT molecular complexity index is 511. The summed E-state index contributed by atoms with van der Waals surface area (Å²) < 4.78 is 29.6. The van der Waals surface area contributed by atoms with Crippen LogP contribution in [-0.2, 0) is 10.1 Å². The summed E-state index contributed by atoms with van der Waals surface area (Å²) in [5.74, 6) is 0. The summed E-state index contributed by atoms with van der Waals surface area (Å²) in [6, 6.07) is 11.7. The molecular formula is C12H15NO4S. The van der Waals surface area contributed by atoms with Gasteiger partial charge in [0.1, 0.15) is 0 Å². The van der Waals surface area contributed by atoms with Crippen LogP contribution in [0.2, 0.25) is 0 Å². The van der Waals surface area contributed by atoms with Crippen LogP contribution in [0.3, 0.4) is 0 Å². The molecule has 0 bridgehead atoms. The zero-order valence-corrected chi connectivity index (χ0v) is 10.6. The van der Waals surface area contributed by atoms with E-state index in [0.717, 1.165) is 5.56 Å². The van der Waals surface area contributed by atoms with Crippen molar-refractivity contribution in [3.05, 3.63) is 60.4 Å². The number of aryl methyl sites for hydroxylation is 1. The highest BCUT2D eigenvalue weighted by Gasteiger charge is 2.06. The Morgan fingerprint density at radius 1 is 1.00 bits per heavy atom. The predicted octanol–water partition coefficient (Wildman–Crippen LogP) is 1.50. The van der Waals surface area contributed by atoms with Gasteiger partial charge in [-0.05, 0) is 31.2 Å². The van der Waals surface area contributed by atoms with Crippen molar-refractivity contribution in [3.8, 4) is 0 Å². The summed E-state index contributed by atoms with van der Waals surface area (Å²) in [4.78, 5) is 3.72. The van der Waals surface area contributed by atoms with Crippen molar-refractivity contribution in [3.63, 3.8) is 0 Å². The molecule has 0 saturated carbocycles. The van der Waals surface area contributed by atoms with Gasteiger partial charge in [0.15, 0.2) is 0 Å². The molecular weight excluding hydrogens is 254 g/mol. The molecule has 0 amide bonds. The number of hydrogen-bond acceptors (Lipinski definition) is 3. The van der Waals surface area contributed by atoms with E-state index in [1.54, 1.807) is 24.5 Å². The molecule has 0 spiro atoms. The van der Waals surface area contributed by atoms with Crippen molar-refractivity contribution in [1.29, 1.82) is 0 Å². The van der Waals surface area contributed by atoms with Gasteiger partial charge in [-0.3, -0.25) is 9.54 Å². The molecule has 1 aromatic carbocycles. The smallest absolute Gasteiger partial charge is 0.294 e. The predicted molar refractivity (Wildman–Crippen MR) is 68.8 cm³/mol. The minimum absolute atomic E-state index is 0. The van der Waals surface area contributed by atoms with Crippen LogP contribution in [0, 0.1) is 6.92 Å². The summed E-state index contributed by atoms with van der Waals surface area (Å²) in [5.41, 5.74) is 0.956. The van der Waals surface area contributed by atoms with Crippen LogP contribution in [-0.4, -0.2) is 23.4 Å². The van der Waals surface area contributed by atoms with Crippen LogP contribution < -0.4 is 0 Å². The Balaban J connectivity index is 0.000000352. The molecule has 98 valence electrons. The molecule has 2 aromatic rings. The third-order valence-electron chi connectivity index (χ3n) is 1.89. The second-order valence-electron chi connectivity index (χ2n) is 3.31. The second kappa shape index (κ2) is 7.54. The second-order valence-corrected chi connectivity index (χ2v) is 4.73. The highest BCUT2D eigenvalue weighted by Crippen LogP contribution is 2.08. The third-order valence-corrected chi connectivity index (χ3v) is 2.75. The van der Waals surface area contributed by atoms with E-state index in [1.165, 1.54) is 12.1 Å². The molecule has 0 radical (unpaired) electrons. The Hall–Kier alpha value is -1.76. The molecule has 0 aliphatic carbocycles. The van der Waals surface area contributed by atoms with Gasteiger partial charge in [0.25, 0.3) is 10.1 Å². The average Bonchev–Trinajstić information content (AvgIpc) is 2.31. The summed E-state index contributed by atoms with van der Waals surface area (Å²) in [6.45, 7) is 1.84. The number of pyridine rings is 1. The fourth-order valence-electron chi connectivity index (χ4n) is 1.02. The topological polar surface area (TPSA) is 98.8 Å².